The summed E-state index contributed by atoms with van der Waals surface area (Å²) >= 11 is 0. The van der Waals surface area contributed by atoms with Gasteiger partial charge >= 0.3 is 0 Å². The van der Waals surface area contributed by atoms with E-state index in [4.69, 9.17) is 4.52 Å². The molecule has 1 aliphatic rings. The second kappa shape index (κ2) is 6.48. The molecule has 8 nitrogen and oxygen atoms in total. The zero-order chi connectivity index (χ0) is 18.3. The minimum Gasteiger partial charge on any atom is -0.339 e. The van der Waals surface area contributed by atoms with Crippen molar-refractivity contribution in [2.75, 3.05) is 13.1 Å². The van der Waals surface area contributed by atoms with Gasteiger partial charge in [-0.05, 0) is 25.0 Å². The first-order valence-electron chi connectivity index (χ1n) is 8.72. The van der Waals surface area contributed by atoms with Crippen LogP contribution in [0.1, 0.15) is 50.2 Å². The second-order valence-electron chi connectivity index (χ2n) is 6.85. The molecule has 4 rings (SSSR count). The smallest absolute Gasteiger partial charge is 0.260 e. The Morgan fingerprint density at radius 1 is 1.23 bits per heavy atom. The van der Waals surface area contributed by atoms with E-state index in [0.29, 0.717) is 43.3 Å². The molecule has 9 heteroatoms. The molecule has 0 spiro atoms. The predicted octanol–water partition coefficient (Wildman–Crippen LogP) is 2.41. The van der Waals surface area contributed by atoms with Gasteiger partial charge < -0.3 is 4.52 Å². The summed E-state index contributed by atoms with van der Waals surface area (Å²) in [5.74, 6) is 1.62. The van der Waals surface area contributed by atoms with E-state index >= 15 is 0 Å². The number of hydrogen-bond donors (Lipinski definition) is 0. The van der Waals surface area contributed by atoms with Crippen LogP contribution in [-0.2, 0) is 10.0 Å². The molecule has 0 amide bonds. The molecule has 1 saturated heterocycles. The summed E-state index contributed by atoms with van der Waals surface area (Å²) in [6.07, 6.45) is 4.46. The molecule has 3 aromatic rings. The first kappa shape index (κ1) is 17.2. The van der Waals surface area contributed by atoms with Gasteiger partial charge in [-0.15, -0.1) is 0 Å². The maximum Gasteiger partial charge on any atom is 0.260 e. The Bertz CT molecular complexity index is 1020. The van der Waals surface area contributed by atoms with Crippen LogP contribution < -0.4 is 0 Å². The number of imidazole rings is 1. The zero-order valence-electron chi connectivity index (χ0n) is 14.7. The number of fused-ring (bicyclic) bond motifs is 1. The second-order valence-corrected chi connectivity index (χ2v) is 8.73. The van der Waals surface area contributed by atoms with Gasteiger partial charge in [0.15, 0.2) is 10.9 Å². The highest BCUT2D eigenvalue weighted by Gasteiger charge is 2.33. The van der Waals surface area contributed by atoms with Crippen molar-refractivity contribution >= 4 is 15.7 Å². The molecule has 0 atom stereocenters. The molecule has 0 bridgehead atoms. The maximum absolute atomic E-state index is 13.0. The normalized spacial score (nSPS) is 17.3. The third-order valence-electron chi connectivity index (χ3n) is 4.76. The van der Waals surface area contributed by atoms with Crippen LogP contribution >= 0.6 is 0 Å². The highest BCUT2D eigenvalue weighted by Crippen LogP contribution is 2.30. The van der Waals surface area contributed by atoms with Gasteiger partial charge in [-0.1, -0.05) is 25.1 Å². The van der Waals surface area contributed by atoms with E-state index in [1.807, 2.05) is 19.9 Å². The van der Waals surface area contributed by atoms with Crippen molar-refractivity contribution in [2.45, 2.75) is 43.6 Å². The molecule has 0 unspecified atom stereocenters. The van der Waals surface area contributed by atoms with Gasteiger partial charge in [0.1, 0.15) is 5.65 Å². The van der Waals surface area contributed by atoms with Crippen LogP contribution in [0.4, 0.5) is 0 Å². The molecule has 0 aliphatic carbocycles. The third kappa shape index (κ3) is 2.90. The first-order chi connectivity index (χ1) is 12.5. The summed E-state index contributed by atoms with van der Waals surface area (Å²) in [6, 6.07) is 5.41. The Kier molecular flexibility index (Phi) is 4.28. The molecule has 0 saturated carbocycles. The molecule has 1 aliphatic heterocycles. The van der Waals surface area contributed by atoms with Crippen LogP contribution in [0.25, 0.3) is 5.65 Å². The lowest BCUT2D eigenvalue weighted by atomic mass is 9.98. The molecule has 4 heterocycles. The Balaban J connectivity index is 1.51. The maximum atomic E-state index is 13.0. The first-order valence-corrected chi connectivity index (χ1v) is 10.2. The largest absolute Gasteiger partial charge is 0.339 e. The molecular formula is C17H21N5O3S. The summed E-state index contributed by atoms with van der Waals surface area (Å²) in [5, 5.41) is 4.20. The monoisotopic (exact) mass is 375 g/mol. The van der Waals surface area contributed by atoms with E-state index < -0.39 is 10.0 Å². The van der Waals surface area contributed by atoms with Crippen LogP contribution in [-0.4, -0.2) is 45.3 Å². The fraction of sp³-hybridized carbons (Fsp3) is 0.471. The van der Waals surface area contributed by atoms with Gasteiger partial charge in [0, 0.05) is 31.1 Å². The highest BCUT2D eigenvalue weighted by atomic mass is 32.2. The Morgan fingerprint density at radius 3 is 2.69 bits per heavy atom. The van der Waals surface area contributed by atoms with Gasteiger partial charge in [0.25, 0.3) is 10.0 Å². The predicted molar refractivity (Wildman–Crippen MR) is 94.3 cm³/mol. The third-order valence-corrected chi connectivity index (χ3v) is 6.64. The van der Waals surface area contributed by atoms with E-state index in [9.17, 15) is 8.42 Å². The minimum atomic E-state index is -3.59. The van der Waals surface area contributed by atoms with Crippen molar-refractivity contribution in [3.05, 3.63) is 42.3 Å². The van der Waals surface area contributed by atoms with Crippen LogP contribution in [0, 0.1) is 0 Å². The Hall–Kier alpha value is -2.26. The van der Waals surface area contributed by atoms with Crippen LogP contribution in [0.3, 0.4) is 0 Å². The summed E-state index contributed by atoms with van der Waals surface area (Å²) in [5.41, 5.74) is 0.619. The number of hydrogen-bond acceptors (Lipinski definition) is 6. The number of sulfonamides is 1. The zero-order valence-corrected chi connectivity index (χ0v) is 15.6. The number of piperidine rings is 1. The molecule has 26 heavy (non-hydrogen) atoms. The average Bonchev–Trinajstić information content (AvgIpc) is 3.29. The molecule has 138 valence electrons. The molecule has 0 N–H and O–H groups in total. The Labute approximate surface area is 151 Å². The lowest BCUT2D eigenvalue weighted by molar-refractivity contribution is 0.269. The van der Waals surface area contributed by atoms with Crippen LogP contribution in [0.15, 0.2) is 40.1 Å². The van der Waals surface area contributed by atoms with Gasteiger partial charge in [-0.25, -0.2) is 13.4 Å². The van der Waals surface area contributed by atoms with Crippen LogP contribution in [0.5, 0.6) is 0 Å². The van der Waals surface area contributed by atoms with Crippen molar-refractivity contribution < 1.29 is 12.9 Å². The topological polar surface area (TPSA) is 93.6 Å². The standard InChI is InChI=1S/C17H21N5O3S/c1-12(2)16-19-17(25-20-16)13-6-9-21(10-7-13)26(23,24)15-11-18-14-5-3-4-8-22(14)15/h3-5,8,11-13H,6-7,9-10H2,1-2H3. The van der Waals surface area contributed by atoms with E-state index in [1.165, 1.54) is 10.5 Å². The number of rotatable bonds is 4. The van der Waals surface area contributed by atoms with E-state index in [0.717, 1.165) is 0 Å². The van der Waals surface area contributed by atoms with Gasteiger partial charge in [-0.2, -0.15) is 9.29 Å². The van der Waals surface area contributed by atoms with Crippen molar-refractivity contribution in [3.8, 4) is 0 Å². The quantitative estimate of drug-likeness (QED) is 0.695. The lowest BCUT2D eigenvalue weighted by Crippen LogP contribution is -2.38. The fourth-order valence-corrected chi connectivity index (χ4v) is 4.77. The van der Waals surface area contributed by atoms with Crippen molar-refractivity contribution in [1.29, 1.82) is 0 Å². The fourth-order valence-electron chi connectivity index (χ4n) is 3.22. The molecular weight excluding hydrogens is 354 g/mol. The highest BCUT2D eigenvalue weighted by molar-refractivity contribution is 7.89. The SMILES string of the molecule is CC(C)c1noc(C2CCN(S(=O)(=O)c3cnc4ccccn34)CC2)n1. The van der Waals surface area contributed by atoms with Gasteiger partial charge in [0.2, 0.25) is 5.89 Å². The van der Waals surface area contributed by atoms with Gasteiger partial charge in [-0.3, -0.25) is 4.40 Å². The van der Waals surface area contributed by atoms with E-state index in [-0.39, 0.29) is 16.9 Å². The van der Waals surface area contributed by atoms with Gasteiger partial charge in [0.05, 0.1) is 6.20 Å². The van der Waals surface area contributed by atoms with E-state index in [2.05, 4.69) is 15.1 Å². The van der Waals surface area contributed by atoms with Crippen molar-refractivity contribution in [3.63, 3.8) is 0 Å². The van der Waals surface area contributed by atoms with Crippen molar-refractivity contribution in [2.24, 2.45) is 0 Å². The van der Waals surface area contributed by atoms with E-state index in [1.54, 1.807) is 22.7 Å². The van der Waals surface area contributed by atoms with Crippen molar-refractivity contribution in [1.82, 2.24) is 23.8 Å². The van der Waals surface area contributed by atoms with Crippen LogP contribution in [0.2, 0.25) is 0 Å². The molecule has 1 fully saturated rings. The molecule has 0 aromatic carbocycles. The molecule has 0 radical (unpaired) electrons. The summed E-state index contributed by atoms with van der Waals surface area (Å²) in [6.45, 7) is 4.87. The summed E-state index contributed by atoms with van der Waals surface area (Å²) in [4.78, 5) is 8.64. The number of pyridine rings is 1. The summed E-state index contributed by atoms with van der Waals surface area (Å²) in [7, 11) is -3.59. The molecule has 3 aromatic heterocycles. The Morgan fingerprint density at radius 2 is 2.00 bits per heavy atom. The lowest BCUT2D eigenvalue weighted by Gasteiger charge is -2.29. The number of aromatic nitrogens is 4. The number of nitrogens with zero attached hydrogens (tertiary/aromatic N) is 5. The summed E-state index contributed by atoms with van der Waals surface area (Å²) < 4.78 is 34.5. The average molecular weight is 375 g/mol. The minimum absolute atomic E-state index is 0.101.